The Kier molecular flexibility index (Phi) is 6.22. The first-order chi connectivity index (χ1) is 8.72. The predicted molar refractivity (Wildman–Crippen MR) is 78.4 cm³/mol. The summed E-state index contributed by atoms with van der Waals surface area (Å²) in [5, 5.41) is 1.75. The fraction of sp³-hybridized carbons (Fsp3) is 0.385. The summed E-state index contributed by atoms with van der Waals surface area (Å²) in [7, 11) is 0. The molecule has 0 N–H and O–H groups in total. The minimum absolute atomic E-state index is 0.711. The van der Waals surface area contributed by atoms with E-state index in [1.54, 1.807) is 24.2 Å². The van der Waals surface area contributed by atoms with E-state index in [1.165, 1.54) is 0 Å². The topological polar surface area (TPSA) is 30.7 Å². The molecule has 0 bridgehead atoms. The first-order valence-corrected chi connectivity index (χ1v) is 7.47. The Hall–Kier alpha value is -1.00. The minimum Gasteiger partial charge on any atom is -0.320 e. The van der Waals surface area contributed by atoms with Gasteiger partial charge in [-0.2, -0.15) is 0 Å². The maximum atomic E-state index is 6.06. The molecule has 0 radical (unpaired) electrons. The van der Waals surface area contributed by atoms with Crippen LogP contribution >= 0.6 is 23.4 Å². The van der Waals surface area contributed by atoms with Crippen molar-refractivity contribution in [2.45, 2.75) is 32.5 Å². The summed E-state index contributed by atoms with van der Waals surface area (Å²) in [6.07, 6.45) is 7.50. The summed E-state index contributed by atoms with van der Waals surface area (Å²) < 4.78 is 2.07. The van der Waals surface area contributed by atoms with Crippen LogP contribution in [0.3, 0.4) is 0 Å². The number of thioether (sulfide) groups is 1. The quantitative estimate of drug-likeness (QED) is 0.797. The van der Waals surface area contributed by atoms with Gasteiger partial charge in [-0.3, -0.25) is 4.98 Å². The van der Waals surface area contributed by atoms with Gasteiger partial charge in [-0.15, -0.1) is 0 Å². The van der Waals surface area contributed by atoms with E-state index in [2.05, 4.69) is 14.5 Å². The number of imidazole rings is 1. The van der Waals surface area contributed by atoms with E-state index in [0.29, 0.717) is 6.54 Å². The van der Waals surface area contributed by atoms with E-state index in [-0.39, 0.29) is 0 Å². The highest BCUT2D eigenvalue weighted by molar-refractivity contribution is 7.98. The summed E-state index contributed by atoms with van der Waals surface area (Å²) in [6.45, 7) is 6.70. The summed E-state index contributed by atoms with van der Waals surface area (Å²) in [5.41, 5.74) is 2.02. The average Bonchev–Trinajstić information content (AvgIpc) is 2.85. The molecule has 0 unspecified atom stereocenters. The molecule has 2 rings (SSSR count). The van der Waals surface area contributed by atoms with Gasteiger partial charge in [-0.05, 0) is 24.8 Å². The number of nitrogens with zero attached hydrogens (tertiary/aromatic N) is 3. The second-order valence-electron chi connectivity index (χ2n) is 3.41. The predicted octanol–water partition coefficient (Wildman–Crippen LogP) is 4.04. The zero-order valence-electron chi connectivity index (χ0n) is 11.1. The van der Waals surface area contributed by atoms with Gasteiger partial charge in [0.25, 0.3) is 0 Å². The van der Waals surface area contributed by atoms with Crippen molar-refractivity contribution >= 4 is 23.4 Å². The molecule has 3 nitrogen and oxygen atoms in total. The zero-order valence-corrected chi connectivity index (χ0v) is 12.7. The van der Waals surface area contributed by atoms with Crippen LogP contribution in [0.4, 0.5) is 0 Å². The molecule has 2 aromatic rings. The van der Waals surface area contributed by atoms with Crippen LogP contribution in [0.1, 0.15) is 25.1 Å². The Morgan fingerprint density at radius 3 is 2.67 bits per heavy atom. The molecule has 0 amide bonds. The zero-order chi connectivity index (χ0) is 13.5. The van der Waals surface area contributed by atoms with Gasteiger partial charge < -0.3 is 4.57 Å². The van der Waals surface area contributed by atoms with Gasteiger partial charge >= 0.3 is 0 Å². The fourth-order valence-electron chi connectivity index (χ4n) is 1.48. The van der Waals surface area contributed by atoms with E-state index >= 15 is 0 Å². The van der Waals surface area contributed by atoms with E-state index in [0.717, 1.165) is 21.4 Å². The summed E-state index contributed by atoms with van der Waals surface area (Å²) in [5.74, 6) is 0. The lowest BCUT2D eigenvalue weighted by atomic mass is 10.2. The molecule has 2 aromatic heterocycles. The Balaban J connectivity index is 0.000000771. The van der Waals surface area contributed by atoms with Gasteiger partial charge in [0, 0.05) is 23.6 Å². The van der Waals surface area contributed by atoms with Crippen LogP contribution in [0.15, 0.2) is 29.8 Å². The van der Waals surface area contributed by atoms with Crippen LogP contribution in [0.5, 0.6) is 0 Å². The van der Waals surface area contributed by atoms with Gasteiger partial charge in [-0.1, -0.05) is 37.2 Å². The molecule has 0 saturated carbocycles. The van der Waals surface area contributed by atoms with Gasteiger partial charge in [0.05, 0.1) is 12.2 Å². The summed E-state index contributed by atoms with van der Waals surface area (Å²) in [6, 6.07) is 1.81. The Morgan fingerprint density at radius 2 is 2.00 bits per heavy atom. The molecular formula is C13H18ClN3S. The van der Waals surface area contributed by atoms with Crippen molar-refractivity contribution in [2.24, 2.45) is 0 Å². The number of hydrogen-bond acceptors (Lipinski definition) is 3. The standard InChI is InChI=1S/C11H12ClN3S.C2H6/c1-8-9(12)3-4-13-10(8)7-15-6-5-14-11(15)16-2;1-2/h3-6H,7H2,1-2H3;1-2H3. The number of halogens is 1. The maximum absolute atomic E-state index is 6.06. The molecule has 0 aromatic carbocycles. The normalized spacial score (nSPS) is 9.83. The SMILES string of the molecule is CC.CSc1nccn1Cc1nccc(Cl)c1C. The first-order valence-electron chi connectivity index (χ1n) is 5.87. The molecule has 2 heterocycles. The van der Waals surface area contributed by atoms with Crippen LogP contribution in [-0.2, 0) is 6.54 Å². The number of rotatable bonds is 3. The van der Waals surface area contributed by atoms with E-state index in [9.17, 15) is 0 Å². The Bertz CT molecular complexity index is 497. The van der Waals surface area contributed by atoms with E-state index < -0.39 is 0 Å². The third-order valence-electron chi connectivity index (χ3n) is 2.42. The molecule has 98 valence electrons. The van der Waals surface area contributed by atoms with Gasteiger partial charge in [0.1, 0.15) is 0 Å². The molecule has 0 atom stereocenters. The Labute approximate surface area is 118 Å². The van der Waals surface area contributed by atoms with Crippen molar-refractivity contribution in [3.63, 3.8) is 0 Å². The third-order valence-corrected chi connectivity index (χ3v) is 3.54. The number of hydrogen-bond donors (Lipinski definition) is 0. The maximum Gasteiger partial charge on any atom is 0.168 e. The highest BCUT2D eigenvalue weighted by atomic mass is 35.5. The van der Waals surface area contributed by atoms with Crippen LogP contribution < -0.4 is 0 Å². The number of pyridine rings is 1. The van der Waals surface area contributed by atoms with Crippen molar-refractivity contribution in [2.75, 3.05) is 6.26 Å². The average molecular weight is 284 g/mol. The molecular weight excluding hydrogens is 266 g/mol. The van der Waals surface area contributed by atoms with E-state index in [1.807, 2.05) is 39.3 Å². The molecule has 0 aliphatic rings. The molecule has 18 heavy (non-hydrogen) atoms. The molecule has 0 saturated heterocycles. The summed E-state index contributed by atoms with van der Waals surface area (Å²) in [4.78, 5) is 8.60. The van der Waals surface area contributed by atoms with Crippen molar-refractivity contribution in [3.8, 4) is 0 Å². The minimum atomic E-state index is 0.711. The molecule has 0 aliphatic carbocycles. The second-order valence-corrected chi connectivity index (χ2v) is 4.59. The molecule has 0 fully saturated rings. The van der Waals surface area contributed by atoms with Crippen molar-refractivity contribution in [3.05, 3.63) is 40.9 Å². The first kappa shape index (κ1) is 15.1. The van der Waals surface area contributed by atoms with Gasteiger partial charge in [0.15, 0.2) is 5.16 Å². The third kappa shape index (κ3) is 3.50. The molecule has 0 aliphatic heterocycles. The Morgan fingerprint density at radius 1 is 1.28 bits per heavy atom. The molecule has 5 heteroatoms. The number of aromatic nitrogens is 3. The van der Waals surface area contributed by atoms with Crippen LogP contribution in [0.25, 0.3) is 0 Å². The largest absolute Gasteiger partial charge is 0.320 e. The van der Waals surface area contributed by atoms with Gasteiger partial charge in [-0.25, -0.2) is 4.98 Å². The fourth-order valence-corrected chi connectivity index (χ4v) is 2.17. The smallest absolute Gasteiger partial charge is 0.168 e. The lowest BCUT2D eigenvalue weighted by Gasteiger charge is -2.08. The monoisotopic (exact) mass is 283 g/mol. The van der Waals surface area contributed by atoms with Crippen molar-refractivity contribution in [1.29, 1.82) is 0 Å². The lowest BCUT2D eigenvalue weighted by molar-refractivity contribution is 0.690. The van der Waals surface area contributed by atoms with Crippen LogP contribution in [0.2, 0.25) is 5.02 Å². The van der Waals surface area contributed by atoms with Crippen molar-refractivity contribution < 1.29 is 0 Å². The second kappa shape index (κ2) is 7.44. The van der Waals surface area contributed by atoms with Crippen LogP contribution in [-0.4, -0.2) is 20.8 Å². The summed E-state index contributed by atoms with van der Waals surface area (Å²) >= 11 is 7.68. The highest BCUT2D eigenvalue weighted by Gasteiger charge is 2.07. The highest BCUT2D eigenvalue weighted by Crippen LogP contribution is 2.19. The van der Waals surface area contributed by atoms with Gasteiger partial charge in [0.2, 0.25) is 0 Å². The van der Waals surface area contributed by atoms with Crippen LogP contribution in [0, 0.1) is 6.92 Å². The van der Waals surface area contributed by atoms with Crippen molar-refractivity contribution in [1.82, 2.24) is 14.5 Å². The lowest BCUT2D eigenvalue weighted by Crippen LogP contribution is -2.04. The molecule has 0 spiro atoms. The van der Waals surface area contributed by atoms with E-state index in [4.69, 9.17) is 11.6 Å².